The van der Waals surface area contributed by atoms with Crippen molar-refractivity contribution in [2.24, 2.45) is 4.99 Å². The predicted molar refractivity (Wildman–Crippen MR) is 106 cm³/mol. The van der Waals surface area contributed by atoms with Gasteiger partial charge in [0.15, 0.2) is 17.5 Å². The van der Waals surface area contributed by atoms with Crippen molar-refractivity contribution >= 4 is 29.9 Å². The molecule has 0 saturated heterocycles. The van der Waals surface area contributed by atoms with Crippen molar-refractivity contribution in [2.45, 2.75) is 19.9 Å². The lowest BCUT2D eigenvalue weighted by molar-refractivity contribution is 0.432. The van der Waals surface area contributed by atoms with Crippen LogP contribution in [0.4, 0.5) is 8.78 Å². The molecule has 2 rings (SSSR count). The molecule has 0 aromatic heterocycles. The Hall–Kier alpha value is -1.90. The Bertz CT molecular complexity index is 710. The number of guanidine groups is 1. The van der Waals surface area contributed by atoms with Crippen molar-refractivity contribution in [2.75, 3.05) is 13.1 Å². The van der Waals surface area contributed by atoms with Crippen LogP contribution < -0.4 is 10.6 Å². The maximum absolute atomic E-state index is 13.3. The maximum atomic E-state index is 13.3. The lowest BCUT2D eigenvalue weighted by Gasteiger charge is -2.11. The van der Waals surface area contributed by atoms with Gasteiger partial charge in [-0.3, -0.25) is 0 Å². The third-order valence-electron chi connectivity index (χ3n) is 3.37. The second-order valence-corrected chi connectivity index (χ2v) is 5.29. The number of halogens is 3. The van der Waals surface area contributed by atoms with Crippen molar-refractivity contribution in [1.82, 2.24) is 10.6 Å². The van der Waals surface area contributed by atoms with Gasteiger partial charge in [0.05, 0.1) is 6.54 Å². The highest BCUT2D eigenvalue weighted by Crippen LogP contribution is 2.16. The molecule has 0 aliphatic carbocycles. The molecule has 4 nitrogen and oxygen atoms in total. The van der Waals surface area contributed by atoms with Gasteiger partial charge in [0.25, 0.3) is 0 Å². The molecule has 0 spiro atoms. The topological polar surface area (TPSA) is 56.7 Å². The number of benzene rings is 2. The van der Waals surface area contributed by atoms with Crippen LogP contribution in [-0.4, -0.2) is 24.2 Å². The fraction of sp³-hybridized carbons (Fsp3) is 0.278. The maximum Gasteiger partial charge on any atom is 0.191 e. The van der Waals surface area contributed by atoms with Gasteiger partial charge in [-0.1, -0.05) is 18.2 Å². The van der Waals surface area contributed by atoms with Crippen LogP contribution in [0.15, 0.2) is 47.5 Å². The average Bonchev–Trinajstić information content (AvgIpc) is 2.56. The van der Waals surface area contributed by atoms with E-state index in [1.165, 1.54) is 24.3 Å². The van der Waals surface area contributed by atoms with Crippen LogP contribution in [0.2, 0.25) is 0 Å². The van der Waals surface area contributed by atoms with Gasteiger partial charge < -0.3 is 15.7 Å². The Labute approximate surface area is 163 Å². The minimum atomic E-state index is -0.660. The zero-order chi connectivity index (χ0) is 17.4. The van der Waals surface area contributed by atoms with Crippen molar-refractivity contribution in [3.63, 3.8) is 0 Å². The van der Waals surface area contributed by atoms with E-state index in [-0.39, 0.29) is 42.1 Å². The van der Waals surface area contributed by atoms with Crippen molar-refractivity contribution in [1.29, 1.82) is 0 Å². The molecule has 25 heavy (non-hydrogen) atoms. The van der Waals surface area contributed by atoms with Crippen LogP contribution >= 0.6 is 24.0 Å². The zero-order valence-corrected chi connectivity index (χ0v) is 16.3. The van der Waals surface area contributed by atoms with Gasteiger partial charge >= 0.3 is 0 Å². The molecule has 0 amide bonds. The summed E-state index contributed by atoms with van der Waals surface area (Å²) >= 11 is 0. The standard InChI is InChI=1S/C18H21F2N3O.HI/c1-2-21-18(22-9-8-13-4-3-5-15(19)10-13)23-12-14-6-7-17(24)16(20)11-14;/h3-7,10-11,24H,2,8-9,12H2,1H3,(H2,21,22,23);1H. The first-order chi connectivity index (χ1) is 11.6. The predicted octanol–water partition coefficient (Wildman–Crippen LogP) is 3.59. The number of phenolic OH excluding ortho intramolecular Hbond substituents is 1. The molecule has 7 heteroatoms. The minimum Gasteiger partial charge on any atom is -0.505 e. The van der Waals surface area contributed by atoms with Crippen molar-refractivity contribution < 1.29 is 13.9 Å². The lowest BCUT2D eigenvalue weighted by atomic mass is 10.1. The molecule has 0 atom stereocenters. The van der Waals surface area contributed by atoms with Crippen molar-refractivity contribution in [3.8, 4) is 5.75 Å². The quantitative estimate of drug-likeness (QED) is 0.350. The summed E-state index contributed by atoms with van der Waals surface area (Å²) in [6, 6.07) is 10.7. The molecule has 0 bridgehead atoms. The highest BCUT2D eigenvalue weighted by atomic mass is 127. The minimum absolute atomic E-state index is 0. The van der Waals surface area contributed by atoms with Gasteiger partial charge in [0.2, 0.25) is 0 Å². The highest BCUT2D eigenvalue weighted by Gasteiger charge is 2.03. The molecule has 0 unspecified atom stereocenters. The number of aromatic hydroxyl groups is 1. The summed E-state index contributed by atoms with van der Waals surface area (Å²) in [5, 5.41) is 15.4. The van der Waals surface area contributed by atoms with Crippen LogP contribution in [0.5, 0.6) is 5.75 Å². The van der Waals surface area contributed by atoms with E-state index in [0.717, 1.165) is 5.56 Å². The van der Waals surface area contributed by atoms with E-state index in [2.05, 4.69) is 15.6 Å². The Balaban J connectivity index is 0.00000312. The Morgan fingerprint density at radius 3 is 2.56 bits per heavy atom. The Morgan fingerprint density at radius 1 is 1.08 bits per heavy atom. The molecule has 0 aliphatic rings. The summed E-state index contributed by atoms with van der Waals surface area (Å²) in [7, 11) is 0. The zero-order valence-electron chi connectivity index (χ0n) is 13.9. The number of hydrogen-bond acceptors (Lipinski definition) is 2. The van der Waals surface area contributed by atoms with Crippen LogP contribution in [-0.2, 0) is 13.0 Å². The number of rotatable bonds is 6. The highest BCUT2D eigenvalue weighted by molar-refractivity contribution is 14.0. The third kappa shape index (κ3) is 7.25. The van der Waals surface area contributed by atoms with Gasteiger partial charge in [-0.05, 0) is 48.7 Å². The summed E-state index contributed by atoms with van der Waals surface area (Å²) in [5.41, 5.74) is 1.56. The first-order valence-electron chi connectivity index (χ1n) is 7.82. The number of aliphatic imine (C=N–C) groups is 1. The monoisotopic (exact) mass is 461 g/mol. The molecule has 0 radical (unpaired) electrons. The molecular weight excluding hydrogens is 439 g/mol. The largest absolute Gasteiger partial charge is 0.505 e. The molecule has 2 aromatic carbocycles. The number of hydrogen-bond donors (Lipinski definition) is 3. The second kappa shape index (κ2) is 10.9. The Morgan fingerprint density at radius 2 is 1.88 bits per heavy atom. The van der Waals surface area contributed by atoms with Crippen LogP contribution in [0.25, 0.3) is 0 Å². The van der Waals surface area contributed by atoms with Gasteiger partial charge in [-0.2, -0.15) is 0 Å². The summed E-state index contributed by atoms with van der Waals surface area (Å²) in [6.07, 6.45) is 0.663. The summed E-state index contributed by atoms with van der Waals surface area (Å²) in [6.45, 7) is 3.52. The first kappa shape index (κ1) is 21.1. The van der Waals surface area contributed by atoms with E-state index >= 15 is 0 Å². The smallest absolute Gasteiger partial charge is 0.191 e. The van der Waals surface area contributed by atoms with E-state index in [1.807, 2.05) is 13.0 Å². The average molecular weight is 461 g/mol. The Kier molecular flexibility index (Phi) is 9.18. The van der Waals surface area contributed by atoms with Crippen LogP contribution in [0, 0.1) is 11.6 Å². The van der Waals surface area contributed by atoms with Crippen LogP contribution in [0.1, 0.15) is 18.1 Å². The van der Waals surface area contributed by atoms with Gasteiger partial charge in [-0.25, -0.2) is 13.8 Å². The van der Waals surface area contributed by atoms with Gasteiger partial charge in [0, 0.05) is 13.1 Å². The fourth-order valence-corrected chi connectivity index (χ4v) is 2.18. The van der Waals surface area contributed by atoms with E-state index in [0.29, 0.717) is 31.0 Å². The second-order valence-electron chi connectivity index (χ2n) is 5.29. The molecule has 2 aromatic rings. The number of nitrogens with one attached hydrogen (secondary N) is 2. The lowest BCUT2D eigenvalue weighted by Crippen LogP contribution is -2.38. The van der Waals surface area contributed by atoms with Gasteiger partial charge in [-0.15, -0.1) is 24.0 Å². The molecule has 0 aliphatic heterocycles. The van der Waals surface area contributed by atoms with Gasteiger partial charge in [0.1, 0.15) is 5.82 Å². The summed E-state index contributed by atoms with van der Waals surface area (Å²) < 4.78 is 26.5. The normalized spacial score (nSPS) is 10.9. The SMILES string of the molecule is CCNC(=NCc1ccc(O)c(F)c1)NCCc1cccc(F)c1.I. The molecular formula is C18H22F2IN3O. The molecule has 0 fully saturated rings. The van der Waals surface area contributed by atoms with Crippen LogP contribution in [0.3, 0.4) is 0 Å². The first-order valence-corrected chi connectivity index (χ1v) is 7.82. The molecule has 3 N–H and O–H groups in total. The third-order valence-corrected chi connectivity index (χ3v) is 3.37. The van der Waals surface area contributed by atoms with E-state index in [4.69, 9.17) is 0 Å². The summed E-state index contributed by atoms with van der Waals surface area (Å²) in [4.78, 5) is 4.38. The number of phenols is 1. The van der Waals surface area contributed by atoms with E-state index < -0.39 is 5.82 Å². The molecule has 0 saturated carbocycles. The molecule has 136 valence electrons. The van der Waals surface area contributed by atoms with Crippen molar-refractivity contribution in [3.05, 3.63) is 65.2 Å². The van der Waals surface area contributed by atoms with E-state index in [9.17, 15) is 13.9 Å². The number of nitrogens with zero attached hydrogens (tertiary/aromatic N) is 1. The summed E-state index contributed by atoms with van der Waals surface area (Å²) in [5.74, 6) is -0.681. The molecule has 0 heterocycles. The van der Waals surface area contributed by atoms with E-state index in [1.54, 1.807) is 12.1 Å². The fourth-order valence-electron chi connectivity index (χ4n) is 2.18.